The number of H-pyrrole nitrogens is 1. The molecule has 0 saturated carbocycles. The molecule has 0 spiro atoms. The van der Waals surface area contributed by atoms with Crippen molar-refractivity contribution in [1.82, 2.24) is 20.4 Å². The molecule has 0 fully saturated rings. The minimum Gasteiger partial charge on any atom is -0.337 e. The standard InChI is InChI=1S/C18H26N4OS/c1-4-5-16(20-12(2)15-10-19-21-13(15)3)18(23)22-8-6-17-14(11-22)7-9-24-17/h7,9-10,12,16,20H,4-6,8,11H2,1-3H3,(H,19,21)/t12-,16+/m0/s1. The van der Waals surface area contributed by atoms with Crippen molar-refractivity contribution in [3.05, 3.63) is 39.3 Å². The Kier molecular flexibility index (Phi) is 5.36. The van der Waals surface area contributed by atoms with Crippen LogP contribution < -0.4 is 5.32 Å². The summed E-state index contributed by atoms with van der Waals surface area (Å²) >= 11 is 1.80. The first-order valence-electron chi connectivity index (χ1n) is 8.70. The van der Waals surface area contributed by atoms with Gasteiger partial charge in [0.15, 0.2) is 0 Å². The molecule has 5 nitrogen and oxygen atoms in total. The number of fused-ring (bicyclic) bond motifs is 1. The minimum absolute atomic E-state index is 0.103. The third-order valence-electron chi connectivity index (χ3n) is 4.78. The molecule has 3 rings (SSSR count). The van der Waals surface area contributed by atoms with E-state index < -0.39 is 0 Å². The van der Waals surface area contributed by atoms with E-state index in [4.69, 9.17) is 0 Å². The van der Waals surface area contributed by atoms with Crippen LogP contribution in [0.15, 0.2) is 17.6 Å². The number of aromatic nitrogens is 2. The molecule has 2 aromatic rings. The Bertz CT molecular complexity index is 693. The molecule has 0 aromatic carbocycles. The molecule has 2 N–H and O–H groups in total. The van der Waals surface area contributed by atoms with Gasteiger partial charge in [-0.1, -0.05) is 13.3 Å². The van der Waals surface area contributed by atoms with E-state index in [1.54, 1.807) is 11.3 Å². The number of carbonyl (C=O) groups excluding carboxylic acids is 1. The highest BCUT2D eigenvalue weighted by Gasteiger charge is 2.28. The van der Waals surface area contributed by atoms with Crippen molar-refractivity contribution in [2.45, 2.75) is 58.7 Å². The van der Waals surface area contributed by atoms with Crippen LogP contribution >= 0.6 is 11.3 Å². The fraction of sp³-hybridized carbons (Fsp3) is 0.556. The number of nitrogens with zero attached hydrogens (tertiary/aromatic N) is 2. The van der Waals surface area contributed by atoms with Crippen molar-refractivity contribution >= 4 is 17.2 Å². The maximum absolute atomic E-state index is 13.1. The number of thiophene rings is 1. The summed E-state index contributed by atoms with van der Waals surface area (Å²) in [5.74, 6) is 0.224. The van der Waals surface area contributed by atoms with E-state index in [2.05, 4.69) is 40.8 Å². The molecule has 2 atom stereocenters. The predicted octanol–water partition coefficient (Wildman–Crippen LogP) is 3.18. The van der Waals surface area contributed by atoms with Crippen LogP contribution in [0, 0.1) is 6.92 Å². The Morgan fingerprint density at radius 2 is 2.38 bits per heavy atom. The van der Waals surface area contributed by atoms with Gasteiger partial charge in [-0.2, -0.15) is 5.10 Å². The molecule has 0 aliphatic carbocycles. The molecular weight excluding hydrogens is 320 g/mol. The highest BCUT2D eigenvalue weighted by Crippen LogP contribution is 2.25. The van der Waals surface area contributed by atoms with Gasteiger partial charge in [0.2, 0.25) is 5.91 Å². The molecule has 130 valence electrons. The van der Waals surface area contributed by atoms with Gasteiger partial charge < -0.3 is 4.90 Å². The number of hydrogen-bond acceptors (Lipinski definition) is 4. The topological polar surface area (TPSA) is 61.0 Å². The van der Waals surface area contributed by atoms with Crippen molar-refractivity contribution in [1.29, 1.82) is 0 Å². The molecule has 3 heterocycles. The molecule has 6 heteroatoms. The van der Waals surface area contributed by atoms with Crippen LogP contribution in [0.1, 0.15) is 54.4 Å². The third-order valence-corrected chi connectivity index (χ3v) is 5.80. The Morgan fingerprint density at radius 1 is 1.54 bits per heavy atom. The van der Waals surface area contributed by atoms with Gasteiger partial charge in [0, 0.05) is 35.3 Å². The van der Waals surface area contributed by atoms with E-state index in [1.807, 2.05) is 18.0 Å². The first kappa shape index (κ1) is 17.2. The maximum atomic E-state index is 13.1. The Balaban J connectivity index is 1.69. The highest BCUT2D eigenvalue weighted by molar-refractivity contribution is 7.10. The summed E-state index contributed by atoms with van der Waals surface area (Å²) in [5.41, 5.74) is 3.50. The molecule has 0 saturated heterocycles. The summed E-state index contributed by atoms with van der Waals surface area (Å²) in [7, 11) is 0. The Hall–Kier alpha value is -1.66. The van der Waals surface area contributed by atoms with Crippen LogP contribution in [0.4, 0.5) is 0 Å². The van der Waals surface area contributed by atoms with E-state index in [0.717, 1.165) is 43.6 Å². The second-order valence-corrected chi connectivity index (χ2v) is 7.56. The number of amides is 1. The normalized spacial score (nSPS) is 16.7. The SMILES string of the molecule is CCC[C@@H](N[C@@H](C)c1cn[nH]c1C)C(=O)N1CCc2sccc2C1. The smallest absolute Gasteiger partial charge is 0.240 e. The number of rotatable bonds is 6. The monoisotopic (exact) mass is 346 g/mol. The van der Waals surface area contributed by atoms with E-state index in [0.29, 0.717) is 0 Å². The molecule has 0 bridgehead atoms. The van der Waals surface area contributed by atoms with Crippen LogP contribution in [0.2, 0.25) is 0 Å². The molecule has 24 heavy (non-hydrogen) atoms. The zero-order valence-electron chi connectivity index (χ0n) is 14.6. The average Bonchev–Trinajstić information content (AvgIpc) is 3.21. The molecular formula is C18H26N4OS. The summed E-state index contributed by atoms with van der Waals surface area (Å²) in [6.07, 6.45) is 4.66. The van der Waals surface area contributed by atoms with Crippen LogP contribution in [-0.4, -0.2) is 33.6 Å². The summed E-state index contributed by atoms with van der Waals surface area (Å²) < 4.78 is 0. The van der Waals surface area contributed by atoms with Gasteiger partial charge in [0.05, 0.1) is 12.2 Å². The number of hydrogen-bond donors (Lipinski definition) is 2. The Labute approximate surface area is 147 Å². The van der Waals surface area contributed by atoms with Crippen molar-refractivity contribution in [2.24, 2.45) is 0 Å². The lowest BCUT2D eigenvalue weighted by Gasteiger charge is -2.32. The van der Waals surface area contributed by atoms with E-state index in [9.17, 15) is 4.79 Å². The summed E-state index contributed by atoms with van der Waals surface area (Å²) in [6.45, 7) is 7.82. The maximum Gasteiger partial charge on any atom is 0.240 e. The zero-order valence-corrected chi connectivity index (χ0v) is 15.4. The number of aryl methyl sites for hydroxylation is 1. The molecule has 0 radical (unpaired) electrons. The number of nitrogens with one attached hydrogen (secondary N) is 2. The quantitative estimate of drug-likeness (QED) is 0.844. The van der Waals surface area contributed by atoms with Gasteiger partial charge in [-0.25, -0.2) is 0 Å². The van der Waals surface area contributed by atoms with E-state index in [-0.39, 0.29) is 18.0 Å². The second-order valence-electron chi connectivity index (χ2n) is 6.56. The fourth-order valence-corrected chi connectivity index (χ4v) is 4.30. The van der Waals surface area contributed by atoms with Crippen molar-refractivity contribution in [3.8, 4) is 0 Å². The van der Waals surface area contributed by atoms with Crippen molar-refractivity contribution in [3.63, 3.8) is 0 Å². The van der Waals surface area contributed by atoms with Gasteiger partial charge >= 0.3 is 0 Å². The number of carbonyl (C=O) groups is 1. The van der Waals surface area contributed by atoms with Crippen LogP contribution in [0.5, 0.6) is 0 Å². The lowest BCUT2D eigenvalue weighted by molar-refractivity contribution is -0.134. The lowest BCUT2D eigenvalue weighted by Crippen LogP contribution is -2.48. The van der Waals surface area contributed by atoms with Crippen LogP contribution in [-0.2, 0) is 17.8 Å². The first-order chi connectivity index (χ1) is 11.6. The summed E-state index contributed by atoms with van der Waals surface area (Å²) in [4.78, 5) is 16.5. The first-order valence-corrected chi connectivity index (χ1v) is 9.58. The van der Waals surface area contributed by atoms with Gasteiger partial charge in [-0.15, -0.1) is 11.3 Å². The molecule has 1 aliphatic heterocycles. The molecule has 1 aliphatic rings. The average molecular weight is 347 g/mol. The molecule has 0 unspecified atom stereocenters. The van der Waals surface area contributed by atoms with Gasteiger partial charge in [-0.3, -0.25) is 15.2 Å². The summed E-state index contributed by atoms with van der Waals surface area (Å²) in [5, 5.41) is 12.7. The van der Waals surface area contributed by atoms with Crippen molar-refractivity contribution in [2.75, 3.05) is 6.54 Å². The fourth-order valence-electron chi connectivity index (χ4n) is 3.41. The highest BCUT2D eigenvalue weighted by atomic mass is 32.1. The van der Waals surface area contributed by atoms with E-state index in [1.165, 1.54) is 10.4 Å². The van der Waals surface area contributed by atoms with Crippen LogP contribution in [0.3, 0.4) is 0 Å². The van der Waals surface area contributed by atoms with Gasteiger partial charge in [0.25, 0.3) is 0 Å². The van der Waals surface area contributed by atoms with E-state index >= 15 is 0 Å². The molecule has 2 aromatic heterocycles. The second kappa shape index (κ2) is 7.49. The third kappa shape index (κ3) is 3.54. The molecule has 1 amide bonds. The summed E-state index contributed by atoms with van der Waals surface area (Å²) in [6, 6.07) is 2.12. The lowest BCUT2D eigenvalue weighted by atomic mass is 10.0. The Morgan fingerprint density at radius 3 is 3.08 bits per heavy atom. The van der Waals surface area contributed by atoms with Gasteiger partial charge in [0.1, 0.15) is 0 Å². The van der Waals surface area contributed by atoms with Crippen LogP contribution in [0.25, 0.3) is 0 Å². The zero-order chi connectivity index (χ0) is 17.1. The van der Waals surface area contributed by atoms with Crippen molar-refractivity contribution < 1.29 is 4.79 Å². The number of aromatic amines is 1. The van der Waals surface area contributed by atoms with Gasteiger partial charge in [-0.05, 0) is 43.7 Å². The predicted molar refractivity (Wildman–Crippen MR) is 97.0 cm³/mol. The largest absolute Gasteiger partial charge is 0.337 e. The minimum atomic E-state index is -0.139.